The van der Waals surface area contributed by atoms with Crippen LogP contribution in [0.1, 0.15) is 23.2 Å². The minimum Gasteiger partial charge on any atom is -0.397 e. The summed E-state index contributed by atoms with van der Waals surface area (Å²) >= 11 is 1.59. The van der Waals surface area contributed by atoms with Crippen LogP contribution in [0.15, 0.2) is 41.9 Å². The van der Waals surface area contributed by atoms with Crippen molar-refractivity contribution < 1.29 is 4.79 Å². The van der Waals surface area contributed by atoms with Crippen LogP contribution in [0, 0.1) is 0 Å². The van der Waals surface area contributed by atoms with Crippen LogP contribution in [-0.2, 0) is 0 Å². The van der Waals surface area contributed by atoms with Crippen LogP contribution < -0.4 is 21.3 Å². The Balaban J connectivity index is 1.44. The molecule has 0 saturated carbocycles. The van der Waals surface area contributed by atoms with Crippen molar-refractivity contribution in [3.05, 3.63) is 47.5 Å². The van der Waals surface area contributed by atoms with E-state index in [0.29, 0.717) is 18.7 Å². The molecule has 1 aromatic carbocycles. The Labute approximate surface area is 187 Å². The molecule has 3 aromatic rings. The number of hydrogen-bond donors (Lipinski definition) is 2. The molecule has 0 bridgehead atoms. The number of hydrogen-bond acceptors (Lipinski definition) is 7. The van der Waals surface area contributed by atoms with Gasteiger partial charge in [0.2, 0.25) is 0 Å². The molecule has 8 heteroatoms. The van der Waals surface area contributed by atoms with E-state index in [2.05, 4.69) is 33.0 Å². The van der Waals surface area contributed by atoms with Gasteiger partial charge in [0.05, 0.1) is 16.8 Å². The van der Waals surface area contributed by atoms with E-state index in [9.17, 15) is 4.79 Å². The van der Waals surface area contributed by atoms with Crippen LogP contribution >= 0.6 is 11.3 Å². The predicted octanol–water partition coefficient (Wildman–Crippen LogP) is 3.02. The fourth-order valence-electron chi connectivity index (χ4n) is 4.12. The van der Waals surface area contributed by atoms with Crippen LogP contribution in [0.25, 0.3) is 10.2 Å². The number of anilines is 3. The number of nitrogens with zero attached hydrogens (tertiary/aromatic N) is 4. The molecule has 31 heavy (non-hydrogen) atoms. The first-order valence-corrected chi connectivity index (χ1v) is 11.6. The maximum atomic E-state index is 12.6. The Morgan fingerprint density at radius 3 is 2.65 bits per heavy atom. The van der Waals surface area contributed by atoms with Crippen LogP contribution in [0.2, 0.25) is 0 Å². The van der Waals surface area contributed by atoms with E-state index in [-0.39, 0.29) is 5.91 Å². The standard InChI is InChI=1S/C23H30N6OS/c1-27(11-2-9-24)23(30)17-4-6-18(7-5-17)28-12-3-13-29(15-14-28)20-8-10-26-22-21(20)19(25)16-31-22/h4-8,10,16H,2-3,9,11-15,24-25H2,1H3. The Morgan fingerprint density at radius 1 is 1.13 bits per heavy atom. The molecule has 1 aliphatic rings. The van der Waals surface area contributed by atoms with Crippen LogP contribution in [0.5, 0.6) is 0 Å². The quantitative estimate of drug-likeness (QED) is 0.615. The molecule has 1 aliphatic heterocycles. The summed E-state index contributed by atoms with van der Waals surface area (Å²) in [4.78, 5) is 24.5. The van der Waals surface area contributed by atoms with Gasteiger partial charge in [0.15, 0.2) is 0 Å². The van der Waals surface area contributed by atoms with E-state index >= 15 is 0 Å². The zero-order valence-electron chi connectivity index (χ0n) is 18.0. The Morgan fingerprint density at radius 2 is 1.87 bits per heavy atom. The van der Waals surface area contributed by atoms with Crippen LogP contribution in [0.4, 0.5) is 17.1 Å². The fourth-order valence-corrected chi connectivity index (χ4v) is 4.94. The van der Waals surface area contributed by atoms with E-state index in [1.54, 1.807) is 16.2 Å². The van der Waals surface area contributed by atoms with Gasteiger partial charge in [-0.2, -0.15) is 0 Å². The molecule has 3 heterocycles. The average Bonchev–Trinajstić information content (AvgIpc) is 3.02. The molecule has 0 aliphatic carbocycles. The van der Waals surface area contributed by atoms with Crippen LogP contribution in [-0.4, -0.2) is 62.1 Å². The van der Waals surface area contributed by atoms with Crippen molar-refractivity contribution in [3.63, 3.8) is 0 Å². The minimum absolute atomic E-state index is 0.0390. The number of rotatable bonds is 6. The summed E-state index contributed by atoms with van der Waals surface area (Å²) in [6.07, 6.45) is 3.73. The molecule has 0 atom stereocenters. The van der Waals surface area contributed by atoms with Gasteiger partial charge in [-0.3, -0.25) is 4.79 Å². The van der Waals surface area contributed by atoms with Gasteiger partial charge in [-0.25, -0.2) is 4.98 Å². The lowest BCUT2D eigenvalue weighted by Gasteiger charge is -2.25. The molecule has 1 amide bonds. The third-order valence-corrected chi connectivity index (χ3v) is 6.75. The van der Waals surface area contributed by atoms with Crippen molar-refractivity contribution in [2.45, 2.75) is 12.8 Å². The van der Waals surface area contributed by atoms with Crippen molar-refractivity contribution in [3.8, 4) is 0 Å². The highest BCUT2D eigenvalue weighted by Gasteiger charge is 2.19. The summed E-state index contributed by atoms with van der Waals surface area (Å²) in [5.74, 6) is 0.0390. The van der Waals surface area contributed by atoms with Crippen molar-refractivity contribution in [2.24, 2.45) is 5.73 Å². The van der Waals surface area contributed by atoms with Crippen molar-refractivity contribution >= 4 is 44.5 Å². The molecule has 1 saturated heterocycles. The van der Waals surface area contributed by atoms with Gasteiger partial charge >= 0.3 is 0 Å². The van der Waals surface area contributed by atoms with Gasteiger partial charge in [-0.1, -0.05) is 0 Å². The SMILES string of the molecule is CN(CCCN)C(=O)c1ccc(N2CCCN(c3ccnc4scc(N)c34)CC2)cc1. The largest absolute Gasteiger partial charge is 0.397 e. The third kappa shape index (κ3) is 4.60. The summed E-state index contributed by atoms with van der Waals surface area (Å²) in [6.45, 7) is 5.05. The number of nitrogen functional groups attached to an aromatic ring is 1. The molecule has 1 fully saturated rings. The van der Waals surface area contributed by atoms with Crippen molar-refractivity contribution in [1.29, 1.82) is 0 Å². The molecule has 0 unspecified atom stereocenters. The summed E-state index contributed by atoms with van der Waals surface area (Å²) in [7, 11) is 1.82. The lowest BCUT2D eigenvalue weighted by Crippen LogP contribution is -2.31. The van der Waals surface area contributed by atoms with Gasteiger partial charge in [-0.05, 0) is 49.7 Å². The Kier molecular flexibility index (Phi) is 6.58. The summed E-state index contributed by atoms with van der Waals surface area (Å²) in [5.41, 5.74) is 15.6. The van der Waals surface area contributed by atoms with Crippen molar-refractivity contribution in [2.75, 3.05) is 61.8 Å². The first-order valence-electron chi connectivity index (χ1n) is 10.8. The maximum absolute atomic E-state index is 12.6. The Bertz CT molecular complexity index is 1030. The molecule has 4 N–H and O–H groups in total. The normalized spacial score (nSPS) is 14.6. The number of pyridine rings is 1. The number of benzene rings is 1. The second kappa shape index (κ2) is 9.53. The van der Waals surface area contributed by atoms with E-state index in [1.165, 1.54) is 5.69 Å². The first kappa shape index (κ1) is 21.4. The van der Waals surface area contributed by atoms with Crippen molar-refractivity contribution in [1.82, 2.24) is 9.88 Å². The van der Waals surface area contributed by atoms with Crippen LogP contribution in [0.3, 0.4) is 0 Å². The van der Waals surface area contributed by atoms with Gasteiger partial charge in [0.25, 0.3) is 5.91 Å². The van der Waals surface area contributed by atoms with E-state index in [4.69, 9.17) is 11.5 Å². The molecule has 0 radical (unpaired) electrons. The topological polar surface area (TPSA) is 91.7 Å². The second-order valence-electron chi connectivity index (χ2n) is 7.94. The molecular weight excluding hydrogens is 408 g/mol. The zero-order chi connectivity index (χ0) is 21.8. The molecule has 7 nitrogen and oxygen atoms in total. The van der Waals surface area contributed by atoms with Gasteiger partial charge in [0.1, 0.15) is 4.83 Å². The molecule has 2 aromatic heterocycles. The smallest absolute Gasteiger partial charge is 0.253 e. The maximum Gasteiger partial charge on any atom is 0.253 e. The minimum atomic E-state index is 0.0390. The number of nitrogens with two attached hydrogens (primary N) is 2. The number of fused-ring (bicyclic) bond motifs is 1. The summed E-state index contributed by atoms with van der Waals surface area (Å²) < 4.78 is 0. The Hall–Kier alpha value is -2.84. The van der Waals surface area contributed by atoms with E-state index in [1.807, 2.05) is 30.8 Å². The monoisotopic (exact) mass is 438 g/mol. The summed E-state index contributed by atoms with van der Waals surface area (Å²) in [6, 6.07) is 10.0. The zero-order valence-corrected chi connectivity index (χ0v) is 18.8. The lowest BCUT2D eigenvalue weighted by molar-refractivity contribution is 0.0794. The number of amides is 1. The highest BCUT2D eigenvalue weighted by molar-refractivity contribution is 7.17. The van der Waals surface area contributed by atoms with E-state index < -0.39 is 0 Å². The highest BCUT2D eigenvalue weighted by atomic mass is 32.1. The number of aromatic nitrogens is 1. The number of carbonyl (C=O) groups excluding carboxylic acids is 1. The molecular formula is C23H30N6OS. The second-order valence-corrected chi connectivity index (χ2v) is 8.80. The predicted molar refractivity (Wildman–Crippen MR) is 130 cm³/mol. The number of carbonyl (C=O) groups is 1. The third-order valence-electron chi connectivity index (χ3n) is 5.84. The molecule has 4 rings (SSSR count). The van der Waals surface area contributed by atoms with Gasteiger partial charge < -0.3 is 26.2 Å². The first-order chi connectivity index (χ1) is 15.1. The lowest BCUT2D eigenvalue weighted by atomic mass is 10.1. The van der Waals surface area contributed by atoms with Gasteiger partial charge in [0, 0.05) is 62.6 Å². The summed E-state index contributed by atoms with van der Waals surface area (Å²) in [5, 5.41) is 3.05. The van der Waals surface area contributed by atoms with E-state index in [0.717, 1.165) is 60.6 Å². The molecule has 0 spiro atoms. The fraction of sp³-hybridized carbons (Fsp3) is 0.391. The molecule has 164 valence electrons. The highest BCUT2D eigenvalue weighted by Crippen LogP contribution is 2.35. The number of thiophene rings is 1. The average molecular weight is 439 g/mol. The van der Waals surface area contributed by atoms with Gasteiger partial charge in [-0.15, -0.1) is 11.3 Å².